The summed E-state index contributed by atoms with van der Waals surface area (Å²) in [5, 5.41) is 23.4. The fourth-order valence-electron chi connectivity index (χ4n) is 11.9. The molecule has 476 valence electrons. The fraction of sp³-hybridized carbons (Fsp3) is 0.946. The highest BCUT2D eigenvalue weighted by molar-refractivity contribution is 5.76. The monoisotopic (exact) mass is 1130 g/mol. The van der Waals surface area contributed by atoms with Crippen LogP contribution in [0.1, 0.15) is 425 Å². The Kier molecular flexibility index (Phi) is 68.9. The van der Waals surface area contributed by atoms with E-state index in [2.05, 4.69) is 31.3 Å². The van der Waals surface area contributed by atoms with E-state index in [9.17, 15) is 19.8 Å². The zero-order valence-corrected chi connectivity index (χ0v) is 54.6. The quantitative estimate of drug-likeness (QED) is 0.0320. The number of ether oxygens (including phenoxy) is 1. The van der Waals surface area contributed by atoms with Gasteiger partial charge in [0.25, 0.3) is 0 Å². The van der Waals surface area contributed by atoms with E-state index in [0.29, 0.717) is 25.9 Å². The minimum atomic E-state index is -0.668. The molecule has 1 amide bonds. The number of aliphatic hydroxyl groups excluding tert-OH is 2. The molecule has 0 aromatic rings. The molecule has 0 aliphatic heterocycles. The molecule has 0 aliphatic rings. The van der Waals surface area contributed by atoms with Crippen LogP contribution in [0.15, 0.2) is 12.2 Å². The molecule has 0 bridgehead atoms. The number of hydrogen-bond donors (Lipinski definition) is 3. The Balaban J connectivity index is 3.39. The Hall–Kier alpha value is -1.40. The fourth-order valence-corrected chi connectivity index (χ4v) is 11.9. The highest BCUT2D eigenvalue weighted by Gasteiger charge is 2.20. The third-order valence-corrected chi connectivity index (χ3v) is 17.6. The normalized spacial score (nSPS) is 12.5. The number of unbranched alkanes of at least 4 members (excludes halogenated alkanes) is 57. The molecule has 2 atom stereocenters. The second kappa shape index (κ2) is 70.1. The maximum absolute atomic E-state index is 12.6. The predicted molar refractivity (Wildman–Crippen MR) is 352 cm³/mol. The average molecular weight is 1130 g/mol. The van der Waals surface area contributed by atoms with Gasteiger partial charge in [-0.25, -0.2) is 0 Å². The SMILES string of the molecule is CCCCCCCCCCCCCCCCCCCCCCCCCC(O)C(CO)NC(=O)CCCCCCCCCC/C=C\CCCCCCCCCCCCCCOC(=O)CCCCCCCCCCCCCCCCCC. The Morgan fingerprint density at radius 2 is 0.588 bits per heavy atom. The molecule has 2 unspecified atom stereocenters. The zero-order chi connectivity index (χ0) is 57.8. The maximum atomic E-state index is 12.6. The molecule has 0 saturated heterocycles. The highest BCUT2D eigenvalue weighted by atomic mass is 16.5. The topological polar surface area (TPSA) is 95.9 Å². The van der Waals surface area contributed by atoms with Crippen LogP contribution in [0.25, 0.3) is 0 Å². The smallest absolute Gasteiger partial charge is 0.305 e. The number of rotatable bonds is 70. The number of amides is 1. The molecule has 0 heterocycles. The number of allylic oxidation sites excluding steroid dienone is 2. The largest absolute Gasteiger partial charge is 0.466 e. The van der Waals surface area contributed by atoms with E-state index in [1.54, 1.807) is 0 Å². The lowest BCUT2D eigenvalue weighted by atomic mass is 10.0. The lowest BCUT2D eigenvalue weighted by molar-refractivity contribution is -0.143. The summed E-state index contributed by atoms with van der Waals surface area (Å²) >= 11 is 0. The Bertz CT molecular complexity index is 1210. The van der Waals surface area contributed by atoms with Gasteiger partial charge in [0.1, 0.15) is 0 Å². The summed E-state index contributed by atoms with van der Waals surface area (Å²) in [5.41, 5.74) is 0. The van der Waals surface area contributed by atoms with E-state index >= 15 is 0 Å². The maximum Gasteiger partial charge on any atom is 0.305 e. The van der Waals surface area contributed by atoms with Crippen LogP contribution in [-0.2, 0) is 14.3 Å². The van der Waals surface area contributed by atoms with Crippen LogP contribution < -0.4 is 5.32 Å². The molecule has 0 aromatic carbocycles. The second-order valence-corrected chi connectivity index (χ2v) is 25.6. The van der Waals surface area contributed by atoms with Gasteiger partial charge < -0.3 is 20.3 Å². The zero-order valence-electron chi connectivity index (χ0n) is 54.6. The third kappa shape index (κ3) is 65.7. The van der Waals surface area contributed by atoms with Crippen molar-refractivity contribution < 1.29 is 24.5 Å². The molecule has 0 aliphatic carbocycles. The lowest BCUT2D eigenvalue weighted by Gasteiger charge is -2.22. The summed E-state index contributed by atoms with van der Waals surface area (Å²) in [4.78, 5) is 24.7. The molecule has 0 saturated carbocycles. The van der Waals surface area contributed by atoms with Gasteiger partial charge in [-0.05, 0) is 51.4 Å². The molecule has 6 nitrogen and oxygen atoms in total. The molecule has 80 heavy (non-hydrogen) atoms. The molecular weight excluding hydrogens is 983 g/mol. The summed E-state index contributed by atoms with van der Waals surface area (Å²) in [7, 11) is 0. The van der Waals surface area contributed by atoms with Gasteiger partial charge in [0.05, 0.1) is 25.4 Å². The number of carbonyl (C=O) groups excluding carboxylic acids is 2. The van der Waals surface area contributed by atoms with Gasteiger partial charge in [-0.2, -0.15) is 0 Å². The average Bonchev–Trinajstić information content (AvgIpc) is 3.46. The van der Waals surface area contributed by atoms with Crippen molar-refractivity contribution >= 4 is 11.9 Å². The van der Waals surface area contributed by atoms with Crippen molar-refractivity contribution in [3.8, 4) is 0 Å². The third-order valence-electron chi connectivity index (χ3n) is 17.6. The van der Waals surface area contributed by atoms with Gasteiger partial charge >= 0.3 is 5.97 Å². The van der Waals surface area contributed by atoms with Crippen LogP contribution in [0.3, 0.4) is 0 Å². The van der Waals surface area contributed by atoms with E-state index in [1.807, 2.05) is 0 Å². The van der Waals surface area contributed by atoms with Crippen molar-refractivity contribution in [3.05, 3.63) is 12.2 Å². The van der Waals surface area contributed by atoms with E-state index in [1.165, 1.54) is 353 Å². The van der Waals surface area contributed by atoms with Crippen LogP contribution in [0.5, 0.6) is 0 Å². The second-order valence-electron chi connectivity index (χ2n) is 25.6. The first-order valence-electron chi connectivity index (χ1n) is 36.9. The number of esters is 1. The van der Waals surface area contributed by atoms with Gasteiger partial charge in [0.2, 0.25) is 5.91 Å². The van der Waals surface area contributed by atoms with Crippen molar-refractivity contribution in [2.45, 2.75) is 437 Å². The van der Waals surface area contributed by atoms with Gasteiger partial charge in [-0.15, -0.1) is 0 Å². The molecule has 0 spiro atoms. The van der Waals surface area contributed by atoms with E-state index < -0.39 is 12.1 Å². The Morgan fingerprint density at radius 1 is 0.338 bits per heavy atom. The predicted octanol–water partition coefficient (Wildman–Crippen LogP) is 23.9. The molecular formula is C74H145NO5. The number of aliphatic hydroxyl groups is 2. The first-order chi connectivity index (χ1) is 39.5. The van der Waals surface area contributed by atoms with Crippen LogP contribution in [-0.4, -0.2) is 47.4 Å². The summed E-state index contributed by atoms with van der Waals surface area (Å²) in [6.45, 7) is 5.00. The molecule has 0 radical (unpaired) electrons. The lowest BCUT2D eigenvalue weighted by Crippen LogP contribution is -2.45. The molecule has 0 fully saturated rings. The molecule has 0 aromatic heterocycles. The molecule has 3 N–H and O–H groups in total. The minimum Gasteiger partial charge on any atom is -0.466 e. The van der Waals surface area contributed by atoms with Crippen LogP contribution >= 0.6 is 0 Å². The van der Waals surface area contributed by atoms with E-state index in [4.69, 9.17) is 4.74 Å². The van der Waals surface area contributed by atoms with E-state index in [-0.39, 0.29) is 18.5 Å². The summed E-state index contributed by atoms with van der Waals surface area (Å²) < 4.78 is 5.50. The summed E-state index contributed by atoms with van der Waals surface area (Å²) in [5.74, 6) is -0.0167. The van der Waals surface area contributed by atoms with Gasteiger partial charge in [0, 0.05) is 12.8 Å². The van der Waals surface area contributed by atoms with Crippen molar-refractivity contribution in [1.82, 2.24) is 5.32 Å². The van der Waals surface area contributed by atoms with E-state index in [0.717, 1.165) is 38.5 Å². The van der Waals surface area contributed by atoms with Crippen molar-refractivity contribution in [2.24, 2.45) is 0 Å². The van der Waals surface area contributed by atoms with Crippen molar-refractivity contribution in [2.75, 3.05) is 13.2 Å². The Morgan fingerprint density at radius 3 is 0.887 bits per heavy atom. The number of carbonyl (C=O) groups is 2. The van der Waals surface area contributed by atoms with Crippen LogP contribution in [0.2, 0.25) is 0 Å². The minimum absolute atomic E-state index is 0.0174. The first-order valence-corrected chi connectivity index (χ1v) is 36.9. The standard InChI is InChI=1S/C74H145NO5/c1-3-5-7-9-11-13-15-17-19-21-22-23-26-29-32-35-38-42-46-50-54-58-62-66-72(77)71(70-76)75-73(78)67-63-59-55-51-47-43-39-36-33-30-27-24-25-28-31-34-37-41-45-49-53-57-61-65-69-80-74(79)68-64-60-56-52-48-44-40-20-18-16-14-12-10-8-6-4-2/h27,30,71-72,76-77H,3-26,28-29,31-70H2,1-2H3,(H,75,78)/b30-27-. The van der Waals surface area contributed by atoms with Crippen LogP contribution in [0.4, 0.5) is 0 Å². The summed E-state index contributed by atoms with van der Waals surface area (Å²) in [6.07, 6.45) is 87.0. The number of nitrogens with one attached hydrogen (secondary N) is 1. The van der Waals surface area contributed by atoms with Crippen molar-refractivity contribution in [3.63, 3.8) is 0 Å². The summed E-state index contributed by atoms with van der Waals surface area (Å²) in [6, 6.07) is -0.546. The van der Waals surface area contributed by atoms with Gasteiger partial charge in [-0.1, -0.05) is 373 Å². The highest BCUT2D eigenvalue weighted by Crippen LogP contribution is 2.20. The van der Waals surface area contributed by atoms with Crippen LogP contribution in [0, 0.1) is 0 Å². The number of hydrogen-bond acceptors (Lipinski definition) is 5. The van der Waals surface area contributed by atoms with Crippen molar-refractivity contribution in [1.29, 1.82) is 0 Å². The van der Waals surface area contributed by atoms with Gasteiger partial charge in [-0.3, -0.25) is 9.59 Å². The first kappa shape index (κ1) is 78.6. The molecule has 0 rings (SSSR count). The van der Waals surface area contributed by atoms with Gasteiger partial charge in [0.15, 0.2) is 0 Å². The molecule has 6 heteroatoms. The Labute approximate surface area is 501 Å².